The lowest BCUT2D eigenvalue weighted by atomic mass is 9.81. The lowest BCUT2D eigenvalue weighted by Crippen LogP contribution is -2.45. The van der Waals surface area contributed by atoms with Crippen molar-refractivity contribution in [3.05, 3.63) is 29.8 Å². The van der Waals surface area contributed by atoms with Crippen molar-refractivity contribution in [1.82, 2.24) is 10.2 Å². The normalized spacial score (nSPS) is 15.3. The van der Waals surface area contributed by atoms with Crippen LogP contribution in [0.4, 0.5) is 0 Å². The van der Waals surface area contributed by atoms with Gasteiger partial charge in [-0.25, -0.2) is 0 Å². The number of hydrogen-bond donors (Lipinski definition) is 2. The Labute approximate surface area is 151 Å². The number of likely N-dealkylation sites (tertiary alicyclic amines) is 1. The molecule has 0 atom stereocenters. The van der Waals surface area contributed by atoms with Crippen LogP contribution < -0.4 is 15.8 Å². The van der Waals surface area contributed by atoms with E-state index in [0.717, 1.165) is 37.3 Å². The highest BCUT2D eigenvalue weighted by Gasteiger charge is 2.32. The summed E-state index contributed by atoms with van der Waals surface area (Å²) >= 11 is 0. The van der Waals surface area contributed by atoms with Gasteiger partial charge in [0.1, 0.15) is 12.4 Å². The Morgan fingerprint density at radius 3 is 2.40 bits per heavy atom. The lowest BCUT2D eigenvalue weighted by molar-refractivity contribution is -0.131. The SMILES string of the molecule is CCC(CC)(CN)C(=O)NCc1ccc(OCCN2CCCC2)cc1. The summed E-state index contributed by atoms with van der Waals surface area (Å²) in [5, 5.41) is 3.03. The number of nitrogens with zero attached hydrogens (tertiary/aromatic N) is 1. The molecule has 0 aliphatic carbocycles. The van der Waals surface area contributed by atoms with Crippen LogP contribution in [0, 0.1) is 5.41 Å². The van der Waals surface area contributed by atoms with Gasteiger partial charge in [-0.3, -0.25) is 9.69 Å². The Morgan fingerprint density at radius 2 is 1.84 bits per heavy atom. The molecule has 0 aromatic heterocycles. The van der Waals surface area contributed by atoms with Crippen LogP contribution in [0.5, 0.6) is 5.75 Å². The van der Waals surface area contributed by atoms with E-state index in [9.17, 15) is 4.79 Å². The molecule has 0 saturated carbocycles. The van der Waals surface area contributed by atoms with Gasteiger partial charge in [0.05, 0.1) is 5.41 Å². The average Bonchev–Trinajstić information content (AvgIpc) is 3.16. The van der Waals surface area contributed by atoms with E-state index in [-0.39, 0.29) is 5.91 Å². The molecule has 2 rings (SSSR count). The summed E-state index contributed by atoms with van der Waals surface area (Å²) < 4.78 is 5.81. The highest BCUT2D eigenvalue weighted by atomic mass is 16.5. The molecule has 0 radical (unpaired) electrons. The molecule has 1 heterocycles. The smallest absolute Gasteiger partial charge is 0.227 e. The Kier molecular flexibility index (Phi) is 7.72. The molecule has 5 heteroatoms. The van der Waals surface area contributed by atoms with Gasteiger partial charge in [-0.15, -0.1) is 0 Å². The first kappa shape index (κ1) is 19.7. The molecule has 1 aromatic carbocycles. The van der Waals surface area contributed by atoms with E-state index in [4.69, 9.17) is 10.5 Å². The maximum atomic E-state index is 12.4. The summed E-state index contributed by atoms with van der Waals surface area (Å²) in [7, 11) is 0. The third-order valence-electron chi connectivity index (χ3n) is 5.48. The molecule has 0 unspecified atom stereocenters. The van der Waals surface area contributed by atoms with Crippen molar-refractivity contribution in [2.24, 2.45) is 11.1 Å². The lowest BCUT2D eigenvalue weighted by Gasteiger charge is -2.28. The van der Waals surface area contributed by atoms with Gasteiger partial charge >= 0.3 is 0 Å². The van der Waals surface area contributed by atoms with Crippen LogP contribution in [0.1, 0.15) is 45.1 Å². The van der Waals surface area contributed by atoms with Gasteiger partial charge in [0.2, 0.25) is 5.91 Å². The molecule has 1 saturated heterocycles. The summed E-state index contributed by atoms with van der Waals surface area (Å²) in [6.07, 6.45) is 4.13. The number of amides is 1. The van der Waals surface area contributed by atoms with E-state index in [1.807, 2.05) is 38.1 Å². The monoisotopic (exact) mass is 347 g/mol. The van der Waals surface area contributed by atoms with Crippen LogP contribution in [0.25, 0.3) is 0 Å². The number of ether oxygens (including phenoxy) is 1. The molecule has 5 nitrogen and oxygen atoms in total. The summed E-state index contributed by atoms with van der Waals surface area (Å²) in [6.45, 7) is 9.05. The zero-order valence-corrected chi connectivity index (χ0v) is 15.7. The fraction of sp³-hybridized carbons (Fsp3) is 0.650. The van der Waals surface area contributed by atoms with E-state index < -0.39 is 5.41 Å². The first-order valence-corrected chi connectivity index (χ1v) is 9.56. The fourth-order valence-electron chi connectivity index (χ4n) is 3.32. The number of nitrogens with two attached hydrogens (primary N) is 1. The number of nitrogens with one attached hydrogen (secondary N) is 1. The van der Waals surface area contributed by atoms with Crippen molar-refractivity contribution >= 4 is 5.91 Å². The van der Waals surface area contributed by atoms with Crippen molar-refractivity contribution in [2.75, 3.05) is 32.8 Å². The zero-order chi connectivity index (χ0) is 18.1. The van der Waals surface area contributed by atoms with E-state index >= 15 is 0 Å². The van der Waals surface area contributed by atoms with Gasteiger partial charge < -0.3 is 15.8 Å². The van der Waals surface area contributed by atoms with E-state index in [1.165, 1.54) is 25.9 Å². The third-order valence-corrected chi connectivity index (χ3v) is 5.48. The van der Waals surface area contributed by atoms with E-state index in [1.54, 1.807) is 0 Å². The van der Waals surface area contributed by atoms with Gasteiger partial charge in [0.25, 0.3) is 0 Å². The van der Waals surface area contributed by atoms with Crippen LogP contribution in [-0.4, -0.2) is 43.6 Å². The molecule has 1 aromatic rings. The summed E-state index contributed by atoms with van der Waals surface area (Å²) in [6, 6.07) is 7.96. The Bertz CT molecular complexity index is 512. The van der Waals surface area contributed by atoms with Gasteiger partial charge in [0, 0.05) is 19.6 Å². The summed E-state index contributed by atoms with van der Waals surface area (Å²) in [5.41, 5.74) is 6.45. The van der Waals surface area contributed by atoms with Crippen LogP contribution in [0.3, 0.4) is 0 Å². The third kappa shape index (κ3) is 5.44. The second kappa shape index (κ2) is 9.78. The maximum absolute atomic E-state index is 12.4. The van der Waals surface area contributed by atoms with E-state index in [0.29, 0.717) is 13.1 Å². The molecule has 1 aliphatic rings. The zero-order valence-electron chi connectivity index (χ0n) is 15.7. The Hall–Kier alpha value is -1.59. The second-order valence-corrected chi connectivity index (χ2v) is 6.92. The number of carbonyl (C=O) groups excluding carboxylic acids is 1. The van der Waals surface area contributed by atoms with Gasteiger partial charge in [-0.1, -0.05) is 26.0 Å². The standard InChI is InChI=1S/C20H33N3O2/c1-3-20(4-2,16-21)19(24)22-15-17-7-9-18(10-8-17)25-14-13-23-11-5-6-12-23/h7-10H,3-6,11-16,21H2,1-2H3,(H,22,24). The number of benzene rings is 1. The molecule has 1 fully saturated rings. The highest BCUT2D eigenvalue weighted by molar-refractivity contribution is 5.82. The fourth-order valence-corrected chi connectivity index (χ4v) is 3.32. The molecule has 25 heavy (non-hydrogen) atoms. The van der Waals surface area contributed by atoms with Crippen LogP contribution in [-0.2, 0) is 11.3 Å². The van der Waals surface area contributed by atoms with Crippen LogP contribution in [0.2, 0.25) is 0 Å². The highest BCUT2D eigenvalue weighted by Crippen LogP contribution is 2.25. The molecule has 3 N–H and O–H groups in total. The molecular weight excluding hydrogens is 314 g/mol. The average molecular weight is 348 g/mol. The predicted octanol–water partition coefficient (Wildman–Crippen LogP) is 2.54. The quantitative estimate of drug-likeness (QED) is 0.682. The van der Waals surface area contributed by atoms with Gasteiger partial charge in [0.15, 0.2) is 0 Å². The number of rotatable bonds is 10. The van der Waals surface area contributed by atoms with Crippen LogP contribution >= 0.6 is 0 Å². The molecule has 1 aliphatic heterocycles. The number of hydrogen-bond acceptors (Lipinski definition) is 4. The van der Waals surface area contributed by atoms with Crippen LogP contribution in [0.15, 0.2) is 24.3 Å². The molecular formula is C20H33N3O2. The first-order chi connectivity index (χ1) is 12.1. The van der Waals surface area contributed by atoms with Gasteiger partial charge in [-0.05, 0) is 56.5 Å². The molecule has 0 bridgehead atoms. The second-order valence-electron chi connectivity index (χ2n) is 6.92. The minimum atomic E-state index is -0.446. The molecule has 140 valence electrons. The minimum absolute atomic E-state index is 0.0472. The minimum Gasteiger partial charge on any atom is -0.492 e. The predicted molar refractivity (Wildman–Crippen MR) is 102 cm³/mol. The van der Waals surface area contributed by atoms with Crippen molar-refractivity contribution < 1.29 is 9.53 Å². The first-order valence-electron chi connectivity index (χ1n) is 9.56. The summed E-state index contributed by atoms with van der Waals surface area (Å²) in [4.78, 5) is 14.9. The largest absolute Gasteiger partial charge is 0.492 e. The van der Waals surface area contributed by atoms with Crippen molar-refractivity contribution in [3.63, 3.8) is 0 Å². The van der Waals surface area contributed by atoms with Crippen molar-refractivity contribution in [2.45, 2.75) is 46.1 Å². The Morgan fingerprint density at radius 1 is 1.20 bits per heavy atom. The van der Waals surface area contributed by atoms with Gasteiger partial charge in [-0.2, -0.15) is 0 Å². The topological polar surface area (TPSA) is 67.6 Å². The molecule has 1 amide bonds. The van der Waals surface area contributed by atoms with Crippen molar-refractivity contribution in [1.29, 1.82) is 0 Å². The summed E-state index contributed by atoms with van der Waals surface area (Å²) in [5.74, 6) is 0.929. The number of carbonyl (C=O) groups is 1. The molecule has 0 spiro atoms. The van der Waals surface area contributed by atoms with Crippen molar-refractivity contribution in [3.8, 4) is 5.75 Å². The van der Waals surface area contributed by atoms with E-state index in [2.05, 4.69) is 10.2 Å². The Balaban J connectivity index is 1.76. The maximum Gasteiger partial charge on any atom is 0.227 e.